The third-order valence-corrected chi connectivity index (χ3v) is 4.37. The highest BCUT2D eigenvalue weighted by atomic mass is 16.5. The van der Waals surface area contributed by atoms with Gasteiger partial charge in [0.1, 0.15) is 12.3 Å². The molecule has 0 fully saturated rings. The first kappa shape index (κ1) is 24.8. The molecule has 1 aromatic rings. The number of hydrogen-bond acceptors (Lipinski definition) is 7. The van der Waals surface area contributed by atoms with Crippen molar-refractivity contribution < 1.29 is 33.8 Å². The molecule has 1 atom stereocenters. The number of rotatable bonds is 14. The van der Waals surface area contributed by atoms with Crippen LogP contribution in [0.1, 0.15) is 40.0 Å². The zero-order chi connectivity index (χ0) is 22.5. The van der Waals surface area contributed by atoms with Crippen LogP contribution in [-0.4, -0.2) is 80.3 Å². The SMILES string of the molecule is CNC(=O)C(CCC=O)N(C)C(=O)c1cccc(NCCOCCC(=O)O)c1C=O. The van der Waals surface area contributed by atoms with Crippen LogP contribution in [0.15, 0.2) is 18.2 Å². The van der Waals surface area contributed by atoms with Crippen LogP contribution >= 0.6 is 0 Å². The Morgan fingerprint density at radius 2 is 1.97 bits per heavy atom. The Balaban J connectivity index is 2.91. The van der Waals surface area contributed by atoms with Gasteiger partial charge in [-0.1, -0.05) is 6.07 Å². The molecule has 3 N–H and O–H groups in total. The summed E-state index contributed by atoms with van der Waals surface area (Å²) in [7, 11) is 2.88. The first-order chi connectivity index (χ1) is 14.4. The summed E-state index contributed by atoms with van der Waals surface area (Å²) in [4.78, 5) is 59.1. The number of benzene rings is 1. The lowest BCUT2D eigenvalue weighted by Crippen LogP contribution is -2.47. The lowest BCUT2D eigenvalue weighted by Gasteiger charge is -2.27. The van der Waals surface area contributed by atoms with Crippen molar-refractivity contribution >= 4 is 36.0 Å². The van der Waals surface area contributed by atoms with E-state index >= 15 is 0 Å². The van der Waals surface area contributed by atoms with E-state index in [4.69, 9.17) is 9.84 Å². The van der Waals surface area contributed by atoms with Gasteiger partial charge in [0.25, 0.3) is 5.91 Å². The summed E-state index contributed by atoms with van der Waals surface area (Å²) in [6.45, 7) is 0.588. The maximum Gasteiger partial charge on any atom is 0.305 e. The normalized spacial score (nSPS) is 11.3. The molecule has 0 aliphatic carbocycles. The summed E-state index contributed by atoms with van der Waals surface area (Å²) < 4.78 is 5.18. The Kier molecular flexibility index (Phi) is 10.8. The molecule has 1 rings (SSSR count). The Morgan fingerprint density at radius 3 is 2.57 bits per heavy atom. The molecular formula is C20H27N3O7. The largest absolute Gasteiger partial charge is 0.481 e. The predicted molar refractivity (Wildman–Crippen MR) is 109 cm³/mol. The van der Waals surface area contributed by atoms with Crippen LogP contribution in [0.2, 0.25) is 0 Å². The number of aldehydes is 2. The molecule has 164 valence electrons. The van der Waals surface area contributed by atoms with Gasteiger partial charge in [-0.3, -0.25) is 19.2 Å². The lowest BCUT2D eigenvalue weighted by atomic mass is 10.0. The second-order valence-corrected chi connectivity index (χ2v) is 6.36. The number of likely N-dealkylation sites (N-methyl/N-ethyl adjacent to an activating group) is 2. The molecule has 0 aromatic heterocycles. The van der Waals surface area contributed by atoms with Crippen molar-refractivity contribution in [2.75, 3.05) is 39.2 Å². The lowest BCUT2D eigenvalue weighted by molar-refractivity contribution is -0.138. The minimum Gasteiger partial charge on any atom is -0.481 e. The summed E-state index contributed by atoms with van der Waals surface area (Å²) >= 11 is 0. The van der Waals surface area contributed by atoms with Gasteiger partial charge in [-0.25, -0.2) is 0 Å². The van der Waals surface area contributed by atoms with Crippen molar-refractivity contribution in [3.8, 4) is 0 Å². The van der Waals surface area contributed by atoms with Crippen molar-refractivity contribution in [2.45, 2.75) is 25.3 Å². The molecule has 0 bridgehead atoms. The molecule has 0 saturated heterocycles. The molecule has 10 heteroatoms. The van der Waals surface area contributed by atoms with Crippen LogP contribution in [0.3, 0.4) is 0 Å². The average molecular weight is 421 g/mol. The number of nitrogens with zero attached hydrogens (tertiary/aromatic N) is 1. The second-order valence-electron chi connectivity index (χ2n) is 6.36. The molecule has 0 saturated carbocycles. The molecule has 0 heterocycles. The Morgan fingerprint density at radius 1 is 1.23 bits per heavy atom. The van der Waals surface area contributed by atoms with Gasteiger partial charge < -0.3 is 30.2 Å². The van der Waals surface area contributed by atoms with Crippen molar-refractivity contribution in [3.63, 3.8) is 0 Å². The van der Waals surface area contributed by atoms with Crippen molar-refractivity contribution in [2.24, 2.45) is 0 Å². The van der Waals surface area contributed by atoms with Gasteiger partial charge in [0.05, 0.1) is 30.8 Å². The van der Waals surface area contributed by atoms with Gasteiger partial charge in [-0.05, 0) is 18.6 Å². The van der Waals surface area contributed by atoms with E-state index in [1.165, 1.54) is 25.1 Å². The van der Waals surface area contributed by atoms with E-state index in [0.717, 1.165) is 0 Å². The fourth-order valence-corrected chi connectivity index (χ4v) is 2.78. The van der Waals surface area contributed by atoms with Crippen molar-refractivity contribution in [1.29, 1.82) is 0 Å². The van der Waals surface area contributed by atoms with Crippen LogP contribution in [0.5, 0.6) is 0 Å². The number of ether oxygens (including phenoxy) is 1. The van der Waals surface area contributed by atoms with Gasteiger partial charge in [-0.15, -0.1) is 0 Å². The summed E-state index contributed by atoms with van der Waals surface area (Å²) in [6, 6.07) is 3.85. The summed E-state index contributed by atoms with van der Waals surface area (Å²) in [6.07, 6.45) is 1.39. The van der Waals surface area contributed by atoms with E-state index in [1.807, 2.05) is 0 Å². The van der Waals surface area contributed by atoms with Gasteiger partial charge >= 0.3 is 5.97 Å². The van der Waals surface area contributed by atoms with Gasteiger partial charge in [0.2, 0.25) is 5.91 Å². The standard InChI is InChI=1S/C20H27N3O7/c1-21-19(28)17(7-4-10-24)23(2)20(29)14-5-3-6-16(15(14)13-25)22-9-12-30-11-8-18(26)27/h3,5-6,10,13,17,22H,4,7-9,11-12H2,1-2H3,(H,21,28)(H,26,27). The maximum atomic E-state index is 13.0. The number of nitrogens with one attached hydrogen (secondary N) is 2. The van der Waals surface area contributed by atoms with E-state index in [2.05, 4.69) is 10.6 Å². The molecule has 0 radical (unpaired) electrons. The van der Waals surface area contributed by atoms with Crippen molar-refractivity contribution in [3.05, 3.63) is 29.3 Å². The molecule has 1 aromatic carbocycles. The number of aliphatic carboxylic acids is 1. The summed E-state index contributed by atoms with van der Waals surface area (Å²) in [5.41, 5.74) is 0.658. The van der Waals surface area contributed by atoms with Gasteiger partial charge in [-0.2, -0.15) is 0 Å². The smallest absolute Gasteiger partial charge is 0.305 e. The first-order valence-electron chi connectivity index (χ1n) is 9.41. The second kappa shape index (κ2) is 13.0. The minimum absolute atomic E-state index is 0.0720. The molecule has 30 heavy (non-hydrogen) atoms. The zero-order valence-corrected chi connectivity index (χ0v) is 17.1. The predicted octanol–water partition coefficient (Wildman–Crippen LogP) is 0.568. The number of anilines is 1. The minimum atomic E-state index is -0.954. The van der Waals surface area contributed by atoms with Crippen LogP contribution in [-0.2, 0) is 19.1 Å². The van der Waals surface area contributed by atoms with E-state index in [0.29, 0.717) is 24.8 Å². The molecule has 10 nitrogen and oxygen atoms in total. The van der Waals surface area contributed by atoms with E-state index < -0.39 is 23.8 Å². The average Bonchev–Trinajstić information content (AvgIpc) is 2.74. The molecule has 0 spiro atoms. The number of carboxylic acid groups (broad SMARTS) is 1. The Labute approximate surface area is 174 Å². The van der Waals surface area contributed by atoms with E-state index in [9.17, 15) is 24.0 Å². The van der Waals surface area contributed by atoms with E-state index in [-0.39, 0.29) is 43.6 Å². The van der Waals surface area contributed by atoms with E-state index in [1.54, 1.807) is 12.1 Å². The fourth-order valence-electron chi connectivity index (χ4n) is 2.78. The molecule has 0 aliphatic heterocycles. The van der Waals surface area contributed by atoms with Gasteiger partial charge in [0, 0.05) is 32.7 Å². The van der Waals surface area contributed by atoms with Crippen LogP contribution < -0.4 is 10.6 Å². The Bertz CT molecular complexity index is 767. The third-order valence-electron chi connectivity index (χ3n) is 4.37. The van der Waals surface area contributed by atoms with Crippen molar-refractivity contribution in [1.82, 2.24) is 10.2 Å². The van der Waals surface area contributed by atoms with Crippen LogP contribution in [0.25, 0.3) is 0 Å². The summed E-state index contributed by atoms with van der Waals surface area (Å²) in [5.74, 6) is -1.89. The molecule has 1 unspecified atom stereocenters. The number of carbonyl (C=O) groups is 5. The molecule has 0 aliphatic rings. The topological polar surface area (TPSA) is 142 Å². The third kappa shape index (κ3) is 7.28. The summed E-state index contributed by atoms with van der Waals surface area (Å²) in [5, 5.41) is 14.0. The Hall–Kier alpha value is -3.27. The number of carboxylic acids is 1. The first-order valence-corrected chi connectivity index (χ1v) is 9.41. The van der Waals surface area contributed by atoms with Gasteiger partial charge in [0.15, 0.2) is 6.29 Å². The highest BCUT2D eigenvalue weighted by molar-refractivity contribution is 6.05. The monoisotopic (exact) mass is 421 g/mol. The maximum absolute atomic E-state index is 13.0. The molecular weight excluding hydrogens is 394 g/mol. The highest BCUT2D eigenvalue weighted by Gasteiger charge is 2.28. The highest BCUT2D eigenvalue weighted by Crippen LogP contribution is 2.21. The fraction of sp³-hybridized carbons (Fsp3) is 0.450. The quantitative estimate of drug-likeness (QED) is 0.292. The molecule has 2 amide bonds. The number of carbonyl (C=O) groups excluding carboxylic acids is 4. The van der Waals surface area contributed by atoms with Crippen LogP contribution in [0.4, 0.5) is 5.69 Å². The zero-order valence-electron chi connectivity index (χ0n) is 17.1. The number of amides is 2. The van der Waals surface area contributed by atoms with Crippen LogP contribution in [0, 0.1) is 0 Å². The number of hydrogen-bond donors (Lipinski definition) is 3.